The van der Waals surface area contributed by atoms with E-state index >= 15 is 0 Å². The Morgan fingerprint density at radius 3 is 2.27 bits per heavy atom. The Morgan fingerprint density at radius 2 is 1.70 bits per heavy atom. The van der Waals surface area contributed by atoms with Crippen molar-refractivity contribution in [1.29, 1.82) is 0 Å². The number of carbonyl (C=O) groups is 2. The first-order valence-electron chi connectivity index (χ1n) is 11.2. The van der Waals surface area contributed by atoms with E-state index in [0.717, 1.165) is 12.8 Å². The molecule has 1 saturated heterocycles. The van der Waals surface area contributed by atoms with E-state index in [9.17, 15) is 18.0 Å². The minimum atomic E-state index is -3.73. The molecule has 1 aromatic rings. The van der Waals surface area contributed by atoms with Crippen LogP contribution in [-0.4, -0.2) is 101 Å². The number of ether oxygens (including phenoxy) is 3. The van der Waals surface area contributed by atoms with Gasteiger partial charge in [0.2, 0.25) is 15.9 Å². The Labute approximate surface area is 195 Å². The zero-order valence-electron chi connectivity index (χ0n) is 19.5. The second kappa shape index (κ2) is 11.2. The summed E-state index contributed by atoms with van der Waals surface area (Å²) in [7, 11) is -0.795. The molecule has 0 atom stereocenters. The highest BCUT2D eigenvalue weighted by molar-refractivity contribution is 7.89. The Balaban J connectivity index is 1.58. The third-order valence-corrected chi connectivity index (χ3v) is 7.71. The Bertz CT molecular complexity index is 941. The number of benzene rings is 1. The van der Waals surface area contributed by atoms with Crippen LogP contribution in [0.1, 0.15) is 19.8 Å². The number of esters is 1. The van der Waals surface area contributed by atoms with E-state index in [1.54, 1.807) is 17.9 Å². The summed E-state index contributed by atoms with van der Waals surface area (Å²) < 4.78 is 43.0. The van der Waals surface area contributed by atoms with Gasteiger partial charge >= 0.3 is 5.97 Å². The molecule has 1 saturated carbocycles. The number of hydrogen-bond donors (Lipinski definition) is 0. The predicted octanol–water partition coefficient (Wildman–Crippen LogP) is 0.812. The Hall–Kier alpha value is -2.37. The van der Waals surface area contributed by atoms with Crippen molar-refractivity contribution in [3.05, 3.63) is 18.2 Å². The lowest BCUT2D eigenvalue weighted by Gasteiger charge is -2.35. The fourth-order valence-corrected chi connectivity index (χ4v) is 5.27. The number of sulfonamides is 1. The zero-order chi connectivity index (χ0) is 24.0. The van der Waals surface area contributed by atoms with Crippen molar-refractivity contribution in [3.8, 4) is 11.5 Å². The molecule has 1 heterocycles. The monoisotopic (exact) mass is 483 g/mol. The minimum Gasteiger partial charge on any atom is -0.493 e. The van der Waals surface area contributed by atoms with Crippen molar-refractivity contribution >= 4 is 21.9 Å². The van der Waals surface area contributed by atoms with Crippen LogP contribution >= 0.6 is 0 Å². The summed E-state index contributed by atoms with van der Waals surface area (Å²) >= 11 is 0. The maximum Gasteiger partial charge on any atom is 0.320 e. The van der Waals surface area contributed by atoms with Gasteiger partial charge in [0.05, 0.1) is 38.8 Å². The van der Waals surface area contributed by atoms with Gasteiger partial charge < -0.3 is 19.1 Å². The molecule has 1 amide bonds. The molecule has 2 fully saturated rings. The van der Waals surface area contributed by atoms with Crippen molar-refractivity contribution in [3.63, 3.8) is 0 Å². The maximum absolute atomic E-state index is 13.1. The van der Waals surface area contributed by atoms with Gasteiger partial charge in [0.1, 0.15) is 0 Å². The van der Waals surface area contributed by atoms with Gasteiger partial charge in [-0.15, -0.1) is 0 Å². The molecule has 0 aromatic heterocycles. The highest BCUT2D eigenvalue weighted by Gasteiger charge is 2.32. The van der Waals surface area contributed by atoms with E-state index in [1.807, 2.05) is 4.90 Å². The largest absolute Gasteiger partial charge is 0.493 e. The quantitative estimate of drug-likeness (QED) is 0.426. The number of rotatable bonds is 11. The van der Waals surface area contributed by atoms with Gasteiger partial charge in [0.25, 0.3) is 0 Å². The molecule has 1 aliphatic carbocycles. The van der Waals surface area contributed by atoms with E-state index in [-0.39, 0.29) is 43.0 Å². The highest BCUT2D eigenvalue weighted by atomic mass is 32.2. The molecule has 1 aromatic carbocycles. The summed E-state index contributed by atoms with van der Waals surface area (Å²) in [5, 5.41) is 0. The van der Waals surface area contributed by atoms with Gasteiger partial charge in [-0.1, -0.05) is 0 Å². The predicted molar refractivity (Wildman–Crippen MR) is 121 cm³/mol. The summed E-state index contributed by atoms with van der Waals surface area (Å²) in [6, 6.07) is 4.49. The molecule has 3 rings (SSSR count). The molecule has 33 heavy (non-hydrogen) atoms. The first-order valence-corrected chi connectivity index (χ1v) is 12.6. The first-order chi connectivity index (χ1) is 15.8. The van der Waals surface area contributed by atoms with E-state index in [0.29, 0.717) is 43.7 Å². The zero-order valence-corrected chi connectivity index (χ0v) is 20.3. The third kappa shape index (κ3) is 6.58. The van der Waals surface area contributed by atoms with Crippen LogP contribution in [0.3, 0.4) is 0 Å². The number of amides is 1. The summed E-state index contributed by atoms with van der Waals surface area (Å²) in [6.07, 6.45) is 2.22. The number of carbonyl (C=O) groups excluding carboxylic acids is 2. The van der Waals surface area contributed by atoms with Crippen LogP contribution < -0.4 is 9.47 Å². The molecule has 1 aliphatic heterocycles. The van der Waals surface area contributed by atoms with Crippen LogP contribution in [0.15, 0.2) is 23.1 Å². The van der Waals surface area contributed by atoms with Crippen LogP contribution in [0, 0.1) is 5.92 Å². The molecule has 0 spiro atoms. The van der Waals surface area contributed by atoms with Crippen molar-refractivity contribution in [2.24, 2.45) is 5.92 Å². The SMILES string of the molecule is CCOC(=O)CN(CC(=O)N1CCN(S(=O)(=O)c2ccc(OC)c(OC)c2)CC1)CC1CC1. The molecule has 0 N–H and O–H groups in total. The smallest absolute Gasteiger partial charge is 0.320 e. The van der Waals surface area contributed by atoms with Crippen LogP contribution in [0.4, 0.5) is 0 Å². The Kier molecular flexibility index (Phi) is 8.55. The van der Waals surface area contributed by atoms with Gasteiger partial charge in [-0.3, -0.25) is 14.5 Å². The van der Waals surface area contributed by atoms with Crippen molar-refractivity contribution in [2.75, 3.05) is 66.6 Å². The average Bonchev–Trinajstić information content (AvgIpc) is 3.62. The first kappa shape index (κ1) is 25.3. The minimum absolute atomic E-state index is 0.0870. The standard InChI is InChI=1S/C22H33N3O7S/c1-4-32-22(27)16-23(14-17-5-6-17)15-21(26)24-9-11-25(12-10-24)33(28,29)18-7-8-19(30-2)20(13-18)31-3/h7-8,13,17H,4-6,9-12,14-16H2,1-3H3. The summed E-state index contributed by atoms with van der Waals surface area (Å²) in [5.41, 5.74) is 0. The summed E-state index contributed by atoms with van der Waals surface area (Å²) in [5.74, 6) is 0.866. The number of nitrogens with zero attached hydrogens (tertiary/aromatic N) is 3. The third-order valence-electron chi connectivity index (χ3n) is 5.81. The number of hydrogen-bond acceptors (Lipinski definition) is 8. The maximum atomic E-state index is 13.1. The molecule has 2 aliphatic rings. The Morgan fingerprint density at radius 1 is 1.03 bits per heavy atom. The van der Waals surface area contributed by atoms with Crippen LogP contribution in [0.2, 0.25) is 0 Å². The van der Waals surface area contributed by atoms with Gasteiger partial charge in [0.15, 0.2) is 11.5 Å². The molecule has 10 nitrogen and oxygen atoms in total. The second-order valence-corrected chi connectivity index (χ2v) is 10.2. The lowest BCUT2D eigenvalue weighted by Crippen LogP contribution is -2.53. The van der Waals surface area contributed by atoms with Crippen LogP contribution in [0.25, 0.3) is 0 Å². The molecule has 11 heteroatoms. The topological polar surface area (TPSA) is 106 Å². The molecule has 0 bridgehead atoms. The fourth-order valence-electron chi connectivity index (χ4n) is 3.83. The molecule has 0 unspecified atom stereocenters. The molecule has 0 radical (unpaired) electrons. The van der Waals surface area contributed by atoms with E-state index < -0.39 is 10.0 Å². The van der Waals surface area contributed by atoms with Gasteiger partial charge in [-0.05, 0) is 37.8 Å². The molecule has 184 valence electrons. The lowest BCUT2D eigenvalue weighted by atomic mass is 10.3. The van der Waals surface area contributed by atoms with Crippen LogP contribution in [0.5, 0.6) is 11.5 Å². The van der Waals surface area contributed by atoms with Gasteiger partial charge in [-0.2, -0.15) is 4.31 Å². The van der Waals surface area contributed by atoms with Crippen molar-refractivity contribution < 1.29 is 32.2 Å². The summed E-state index contributed by atoms with van der Waals surface area (Å²) in [6.45, 7) is 3.94. The van der Waals surface area contributed by atoms with Crippen molar-refractivity contribution in [1.82, 2.24) is 14.1 Å². The highest BCUT2D eigenvalue weighted by Crippen LogP contribution is 2.31. The van der Waals surface area contributed by atoms with E-state index in [4.69, 9.17) is 14.2 Å². The number of piperazine rings is 1. The number of methoxy groups -OCH3 is 2. The summed E-state index contributed by atoms with van der Waals surface area (Å²) in [4.78, 5) is 28.4. The van der Waals surface area contributed by atoms with Gasteiger partial charge in [-0.25, -0.2) is 8.42 Å². The van der Waals surface area contributed by atoms with Gasteiger partial charge in [0, 0.05) is 38.8 Å². The van der Waals surface area contributed by atoms with Crippen LogP contribution in [-0.2, 0) is 24.3 Å². The van der Waals surface area contributed by atoms with E-state index in [1.165, 1.54) is 30.7 Å². The van der Waals surface area contributed by atoms with Crippen molar-refractivity contribution in [2.45, 2.75) is 24.7 Å². The lowest BCUT2D eigenvalue weighted by molar-refractivity contribution is -0.145. The normalized spacial score (nSPS) is 17.2. The van der Waals surface area contributed by atoms with E-state index in [2.05, 4.69) is 0 Å². The molecular formula is C22H33N3O7S. The fraction of sp³-hybridized carbons (Fsp3) is 0.636. The average molecular weight is 484 g/mol. The molecular weight excluding hydrogens is 450 g/mol. The second-order valence-electron chi connectivity index (χ2n) is 8.22.